The highest BCUT2D eigenvalue weighted by Crippen LogP contribution is 2.38. The summed E-state index contributed by atoms with van der Waals surface area (Å²) < 4.78 is 11.7. The van der Waals surface area contributed by atoms with E-state index in [0.29, 0.717) is 32.4 Å². The van der Waals surface area contributed by atoms with Crippen molar-refractivity contribution in [3.05, 3.63) is 80.8 Å². The smallest absolute Gasteiger partial charge is 0.325 e. The lowest BCUT2D eigenvalue weighted by molar-refractivity contribution is 0.417. The van der Waals surface area contributed by atoms with Crippen LogP contribution in [0.2, 0.25) is 20.1 Å². The summed E-state index contributed by atoms with van der Waals surface area (Å²) in [6, 6.07) is 17.5. The fourth-order valence-corrected chi connectivity index (χ4v) is 3.14. The molecule has 1 aromatic heterocycles. The second kappa shape index (κ2) is 8.02. The first-order chi connectivity index (χ1) is 13.5. The standard InChI is InChI=1S/C20H10Cl4N2O2/c21-12-6-3-9-15(17(12)23)27-19-11-5-1-2-8-14(11)25-20(26-19)28-16-10-4-7-13(22)18(16)24/h1-10H. The molecule has 0 bridgehead atoms. The number of nitrogens with zero attached hydrogens (tertiary/aromatic N) is 2. The third kappa shape index (κ3) is 3.82. The van der Waals surface area contributed by atoms with E-state index in [4.69, 9.17) is 55.9 Å². The van der Waals surface area contributed by atoms with Crippen LogP contribution in [0.25, 0.3) is 10.9 Å². The molecule has 0 unspecified atom stereocenters. The molecule has 0 radical (unpaired) electrons. The van der Waals surface area contributed by atoms with Crippen molar-refractivity contribution in [3.63, 3.8) is 0 Å². The molecule has 0 fully saturated rings. The lowest BCUT2D eigenvalue weighted by Crippen LogP contribution is -1.97. The maximum Gasteiger partial charge on any atom is 0.325 e. The third-order valence-corrected chi connectivity index (χ3v) is 5.39. The molecule has 8 heteroatoms. The Bertz CT molecular complexity index is 1180. The zero-order chi connectivity index (χ0) is 19.7. The second-order valence-electron chi connectivity index (χ2n) is 5.64. The molecular formula is C20H10Cl4N2O2. The van der Waals surface area contributed by atoms with E-state index in [0.717, 1.165) is 0 Å². The Morgan fingerprint density at radius 3 is 1.89 bits per heavy atom. The van der Waals surface area contributed by atoms with Crippen molar-refractivity contribution in [1.29, 1.82) is 0 Å². The quantitative estimate of drug-likeness (QED) is 0.317. The Morgan fingerprint density at radius 2 is 1.21 bits per heavy atom. The van der Waals surface area contributed by atoms with Gasteiger partial charge in [0, 0.05) is 0 Å². The topological polar surface area (TPSA) is 44.2 Å². The lowest BCUT2D eigenvalue weighted by atomic mass is 10.2. The molecule has 0 amide bonds. The molecule has 0 N–H and O–H groups in total. The molecule has 4 aromatic rings. The highest BCUT2D eigenvalue weighted by atomic mass is 35.5. The van der Waals surface area contributed by atoms with Gasteiger partial charge in [-0.2, -0.15) is 9.97 Å². The summed E-state index contributed by atoms with van der Waals surface area (Å²) in [5.41, 5.74) is 0.624. The summed E-state index contributed by atoms with van der Waals surface area (Å²) in [6.45, 7) is 0. The molecule has 0 aliphatic carbocycles. The van der Waals surface area contributed by atoms with E-state index in [1.54, 1.807) is 36.4 Å². The second-order valence-corrected chi connectivity index (χ2v) is 7.21. The van der Waals surface area contributed by atoms with Gasteiger partial charge in [-0.25, -0.2) is 0 Å². The summed E-state index contributed by atoms with van der Waals surface area (Å²) in [6.07, 6.45) is 0. The SMILES string of the molecule is Clc1cccc(Oc2nc(Oc3cccc(Cl)c3Cl)c3ccccc3n2)c1Cl. The summed E-state index contributed by atoms with van der Waals surface area (Å²) in [7, 11) is 0. The van der Waals surface area contributed by atoms with Crippen LogP contribution in [0.1, 0.15) is 0 Å². The molecular weight excluding hydrogens is 442 g/mol. The van der Waals surface area contributed by atoms with Gasteiger partial charge < -0.3 is 9.47 Å². The Morgan fingerprint density at radius 1 is 0.607 bits per heavy atom. The maximum atomic E-state index is 6.24. The average molecular weight is 452 g/mol. The highest BCUT2D eigenvalue weighted by Gasteiger charge is 2.15. The first-order valence-electron chi connectivity index (χ1n) is 8.03. The summed E-state index contributed by atoms with van der Waals surface area (Å²) >= 11 is 24.5. The Balaban J connectivity index is 1.79. The molecule has 0 saturated heterocycles. The summed E-state index contributed by atoms with van der Waals surface area (Å²) in [5.74, 6) is 0.962. The van der Waals surface area contributed by atoms with Crippen LogP contribution in [0.5, 0.6) is 23.4 Å². The fraction of sp³-hybridized carbons (Fsp3) is 0. The van der Waals surface area contributed by atoms with Crippen molar-refractivity contribution in [2.45, 2.75) is 0 Å². The third-order valence-electron chi connectivity index (χ3n) is 3.79. The first-order valence-corrected chi connectivity index (χ1v) is 9.54. The zero-order valence-corrected chi connectivity index (χ0v) is 17.0. The van der Waals surface area contributed by atoms with Crippen LogP contribution in [0.4, 0.5) is 0 Å². The number of para-hydroxylation sites is 1. The molecule has 0 aliphatic rings. The van der Waals surface area contributed by atoms with Gasteiger partial charge in [0.15, 0.2) is 5.75 Å². The zero-order valence-electron chi connectivity index (χ0n) is 14.0. The molecule has 140 valence electrons. The molecule has 28 heavy (non-hydrogen) atoms. The molecule has 4 rings (SSSR count). The van der Waals surface area contributed by atoms with Crippen LogP contribution in [0, 0.1) is 0 Å². The van der Waals surface area contributed by atoms with Crippen molar-refractivity contribution in [2.75, 3.05) is 0 Å². The lowest BCUT2D eigenvalue weighted by Gasteiger charge is -2.12. The van der Waals surface area contributed by atoms with Crippen molar-refractivity contribution < 1.29 is 9.47 Å². The largest absolute Gasteiger partial charge is 0.437 e. The van der Waals surface area contributed by atoms with Crippen molar-refractivity contribution in [2.24, 2.45) is 0 Å². The molecule has 0 saturated carbocycles. The van der Waals surface area contributed by atoms with Gasteiger partial charge in [-0.05, 0) is 36.4 Å². The summed E-state index contributed by atoms with van der Waals surface area (Å²) in [4.78, 5) is 8.78. The van der Waals surface area contributed by atoms with Gasteiger partial charge in [0.1, 0.15) is 15.8 Å². The molecule has 4 nitrogen and oxygen atoms in total. The molecule has 3 aromatic carbocycles. The summed E-state index contributed by atoms with van der Waals surface area (Å²) in [5, 5.41) is 1.97. The van der Waals surface area contributed by atoms with Crippen LogP contribution in [-0.2, 0) is 0 Å². The fourth-order valence-electron chi connectivity index (χ4n) is 2.48. The van der Waals surface area contributed by atoms with E-state index in [9.17, 15) is 0 Å². The van der Waals surface area contributed by atoms with Crippen LogP contribution >= 0.6 is 46.4 Å². The predicted molar refractivity (Wildman–Crippen MR) is 113 cm³/mol. The van der Waals surface area contributed by atoms with E-state index in [1.165, 1.54) is 0 Å². The molecule has 0 spiro atoms. The minimum Gasteiger partial charge on any atom is -0.437 e. The van der Waals surface area contributed by atoms with Gasteiger partial charge in [-0.1, -0.05) is 70.7 Å². The number of rotatable bonds is 4. The van der Waals surface area contributed by atoms with Crippen LogP contribution in [-0.4, -0.2) is 9.97 Å². The van der Waals surface area contributed by atoms with E-state index >= 15 is 0 Å². The van der Waals surface area contributed by atoms with E-state index in [-0.39, 0.29) is 21.9 Å². The number of aromatic nitrogens is 2. The van der Waals surface area contributed by atoms with Gasteiger partial charge in [-0.15, -0.1) is 0 Å². The van der Waals surface area contributed by atoms with Crippen molar-refractivity contribution in [1.82, 2.24) is 9.97 Å². The average Bonchev–Trinajstić information content (AvgIpc) is 2.69. The van der Waals surface area contributed by atoms with Crippen LogP contribution in [0.15, 0.2) is 60.7 Å². The predicted octanol–water partition coefficient (Wildman–Crippen LogP) is 7.83. The van der Waals surface area contributed by atoms with E-state index in [1.807, 2.05) is 24.3 Å². The van der Waals surface area contributed by atoms with Gasteiger partial charge in [0.05, 0.1) is 20.9 Å². The van der Waals surface area contributed by atoms with E-state index in [2.05, 4.69) is 9.97 Å². The Kier molecular flexibility index (Phi) is 5.47. The number of hydrogen-bond donors (Lipinski definition) is 0. The first kappa shape index (κ1) is 19.1. The minimum absolute atomic E-state index is 0.0519. The minimum atomic E-state index is 0.0519. The number of halogens is 4. The van der Waals surface area contributed by atoms with Crippen LogP contribution in [0.3, 0.4) is 0 Å². The number of fused-ring (bicyclic) bond motifs is 1. The maximum absolute atomic E-state index is 6.24. The molecule has 0 aliphatic heterocycles. The molecule has 0 atom stereocenters. The number of ether oxygens (including phenoxy) is 2. The van der Waals surface area contributed by atoms with Gasteiger partial charge in [0.2, 0.25) is 5.88 Å². The van der Waals surface area contributed by atoms with Crippen LogP contribution < -0.4 is 9.47 Å². The van der Waals surface area contributed by atoms with Gasteiger partial charge >= 0.3 is 6.01 Å². The van der Waals surface area contributed by atoms with Crippen molar-refractivity contribution in [3.8, 4) is 23.4 Å². The highest BCUT2D eigenvalue weighted by molar-refractivity contribution is 6.43. The van der Waals surface area contributed by atoms with Gasteiger partial charge in [-0.3, -0.25) is 0 Å². The van der Waals surface area contributed by atoms with E-state index < -0.39 is 0 Å². The normalized spacial score (nSPS) is 10.9. The molecule has 1 heterocycles. The Hall–Kier alpha value is -2.24. The van der Waals surface area contributed by atoms with Gasteiger partial charge in [0.25, 0.3) is 0 Å². The number of benzene rings is 3. The number of hydrogen-bond acceptors (Lipinski definition) is 4. The Labute approximate surface area is 180 Å². The van der Waals surface area contributed by atoms with Crippen molar-refractivity contribution >= 4 is 57.3 Å². The monoisotopic (exact) mass is 450 g/mol.